The van der Waals surface area contributed by atoms with Gasteiger partial charge in [0.15, 0.2) is 5.13 Å². The van der Waals surface area contributed by atoms with Crippen LogP contribution in [-0.4, -0.2) is 35.0 Å². The predicted octanol–water partition coefficient (Wildman–Crippen LogP) is 3.04. The molecule has 1 aliphatic rings. The minimum absolute atomic E-state index is 0.0282. The molecule has 2 aromatic rings. The van der Waals surface area contributed by atoms with Crippen LogP contribution in [0.3, 0.4) is 0 Å². The number of thioether (sulfide) groups is 1. The van der Waals surface area contributed by atoms with Crippen molar-refractivity contribution in [1.82, 2.24) is 4.98 Å². The maximum atomic E-state index is 12.9. The average Bonchev–Trinajstić information content (AvgIpc) is 3.21. The van der Waals surface area contributed by atoms with Crippen LogP contribution in [0.2, 0.25) is 0 Å². The molecule has 3 N–H and O–H groups in total. The van der Waals surface area contributed by atoms with Gasteiger partial charge in [0.1, 0.15) is 0 Å². The molecule has 1 saturated heterocycles. The molecule has 0 saturated carbocycles. The number of primary amides is 1. The predicted molar refractivity (Wildman–Crippen MR) is 107 cm³/mol. The zero-order valence-corrected chi connectivity index (χ0v) is 17.3. The Kier molecular flexibility index (Phi) is 6.36. The van der Waals surface area contributed by atoms with Crippen LogP contribution in [0.25, 0.3) is 0 Å². The zero-order valence-electron chi connectivity index (χ0n) is 15.7. The van der Waals surface area contributed by atoms with Gasteiger partial charge in [-0.1, -0.05) is 17.4 Å². The Balaban J connectivity index is 1.67. The van der Waals surface area contributed by atoms with Crippen molar-refractivity contribution in [3.63, 3.8) is 0 Å². The molecule has 1 aromatic heterocycles. The van der Waals surface area contributed by atoms with Crippen molar-refractivity contribution in [2.24, 2.45) is 11.7 Å². The summed E-state index contributed by atoms with van der Waals surface area (Å²) in [6.45, 7) is 1.70. The summed E-state index contributed by atoms with van der Waals surface area (Å²) >= 11 is 2.39. The molecule has 0 radical (unpaired) electrons. The highest BCUT2D eigenvalue weighted by molar-refractivity contribution is 8.01. The van der Waals surface area contributed by atoms with Gasteiger partial charge in [-0.3, -0.25) is 14.4 Å². The van der Waals surface area contributed by atoms with Crippen LogP contribution in [0.4, 0.5) is 24.0 Å². The summed E-state index contributed by atoms with van der Waals surface area (Å²) in [5, 5.41) is 2.96. The number of aryl methyl sites for hydroxylation is 1. The highest BCUT2D eigenvalue weighted by Crippen LogP contribution is 2.35. The number of amides is 3. The van der Waals surface area contributed by atoms with Crippen LogP contribution in [0.5, 0.6) is 0 Å². The quantitative estimate of drug-likeness (QED) is 0.648. The van der Waals surface area contributed by atoms with Gasteiger partial charge in [-0.25, -0.2) is 4.98 Å². The molecule has 0 spiro atoms. The Morgan fingerprint density at radius 1 is 1.40 bits per heavy atom. The van der Waals surface area contributed by atoms with Crippen LogP contribution < -0.4 is 16.0 Å². The maximum absolute atomic E-state index is 12.9. The van der Waals surface area contributed by atoms with Gasteiger partial charge in [-0.05, 0) is 25.1 Å². The second kappa shape index (κ2) is 8.64. The van der Waals surface area contributed by atoms with Crippen molar-refractivity contribution in [3.05, 3.63) is 35.5 Å². The molecular formula is C18H17F3N4O3S2. The van der Waals surface area contributed by atoms with Crippen LogP contribution >= 0.6 is 23.1 Å². The molecule has 1 aliphatic heterocycles. The standard InChI is InChI=1S/C18H17F3N4O3S2/c1-9-16(29-8-13(22)26)30-17(23-9)24-15(28)10-5-14(27)25(7-10)12-4-2-3-11(6-12)18(19,20)21/h2-4,6,10H,5,7-8H2,1H3,(H2,22,26)(H,23,24,28). The Bertz CT molecular complexity index is 993. The number of nitrogens with one attached hydrogen (secondary N) is 1. The fourth-order valence-electron chi connectivity index (χ4n) is 2.90. The highest BCUT2D eigenvalue weighted by atomic mass is 32.2. The first kappa shape index (κ1) is 22.1. The number of carbonyl (C=O) groups is 3. The summed E-state index contributed by atoms with van der Waals surface area (Å²) < 4.78 is 39.5. The fraction of sp³-hybridized carbons (Fsp3) is 0.333. The number of nitrogens with two attached hydrogens (primary N) is 1. The zero-order chi connectivity index (χ0) is 22.1. The Hall–Kier alpha value is -2.60. The lowest BCUT2D eigenvalue weighted by molar-refractivity contribution is -0.137. The number of aromatic nitrogens is 1. The molecule has 1 fully saturated rings. The van der Waals surface area contributed by atoms with E-state index in [9.17, 15) is 27.6 Å². The summed E-state index contributed by atoms with van der Waals surface area (Å²) in [5.41, 5.74) is 4.99. The third kappa shape index (κ3) is 5.11. The minimum Gasteiger partial charge on any atom is -0.369 e. The number of carbonyl (C=O) groups excluding carboxylic acids is 3. The van der Waals surface area contributed by atoms with E-state index in [1.165, 1.54) is 40.1 Å². The van der Waals surface area contributed by atoms with Gasteiger partial charge in [0.2, 0.25) is 17.7 Å². The van der Waals surface area contributed by atoms with Gasteiger partial charge in [0.25, 0.3) is 0 Å². The monoisotopic (exact) mass is 458 g/mol. The smallest absolute Gasteiger partial charge is 0.369 e. The van der Waals surface area contributed by atoms with Gasteiger partial charge >= 0.3 is 6.18 Å². The number of halogens is 3. The van der Waals surface area contributed by atoms with Gasteiger partial charge < -0.3 is 16.0 Å². The van der Waals surface area contributed by atoms with E-state index in [1.54, 1.807) is 6.92 Å². The third-order valence-electron chi connectivity index (χ3n) is 4.31. The minimum atomic E-state index is -4.53. The van der Waals surface area contributed by atoms with E-state index in [1.807, 2.05) is 0 Å². The van der Waals surface area contributed by atoms with Crippen molar-refractivity contribution in [2.45, 2.75) is 23.7 Å². The second-order valence-electron chi connectivity index (χ2n) is 6.59. The topological polar surface area (TPSA) is 105 Å². The van der Waals surface area contributed by atoms with E-state index in [-0.39, 0.29) is 24.4 Å². The molecule has 3 rings (SSSR count). The Morgan fingerprint density at radius 2 is 2.13 bits per heavy atom. The number of rotatable bonds is 6. The molecule has 1 aromatic carbocycles. The van der Waals surface area contributed by atoms with Gasteiger partial charge in [0, 0.05) is 18.7 Å². The Labute approximate surface area is 177 Å². The van der Waals surface area contributed by atoms with Crippen LogP contribution in [-0.2, 0) is 20.6 Å². The molecule has 0 bridgehead atoms. The highest BCUT2D eigenvalue weighted by Gasteiger charge is 2.37. The van der Waals surface area contributed by atoms with Crippen molar-refractivity contribution in [1.29, 1.82) is 0 Å². The first-order chi connectivity index (χ1) is 14.0. The number of benzene rings is 1. The van der Waals surface area contributed by atoms with Crippen molar-refractivity contribution >= 4 is 51.6 Å². The lowest BCUT2D eigenvalue weighted by Crippen LogP contribution is -2.28. The van der Waals surface area contributed by atoms with E-state index >= 15 is 0 Å². The molecule has 7 nitrogen and oxygen atoms in total. The van der Waals surface area contributed by atoms with E-state index in [2.05, 4.69) is 10.3 Å². The second-order valence-corrected chi connectivity index (χ2v) is 8.83. The number of alkyl halides is 3. The van der Waals surface area contributed by atoms with Crippen molar-refractivity contribution in [2.75, 3.05) is 22.5 Å². The molecule has 2 heterocycles. The van der Waals surface area contributed by atoms with E-state index in [4.69, 9.17) is 5.73 Å². The first-order valence-corrected chi connectivity index (χ1v) is 10.5. The first-order valence-electron chi connectivity index (χ1n) is 8.71. The van der Waals surface area contributed by atoms with Gasteiger partial charge in [-0.15, -0.1) is 11.8 Å². The molecule has 1 atom stereocenters. The number of hydrogen-bond acceptors (Lipinski definition) is 6. The number of thiazole rings is 1. The van der Waals surface area contributed by atoms with Crippen LogP contribution in [0.1, 0.15) is 17.7 Å². The number of anilines is 2. The average molecular weight is 458 g/mol. The molecule has 12 heteroatoms. The summed E-state index contributed by atoms with van der Waals surface area (Å²) in [4.78, 5) is 41.2. The van der Waals surface area contributed by atoms with Gasteiger partial charge in [-0.2, -0.15) is 13.2 Å². The van der Waals surface area contributed by atoms with Crippen molar-refractivity contribution in [3.8, 4) is 0 Å². The summed E-state index contributed by atoms with van der Waals surface area (Å²) in [5.74, 6) is -1.99. The molecular weight excluding hydrogens is 441 g/mol. The van der Waals surface area contributed by atoms with Crippen molar-refractivity contribution < 1.29 is 27.6 Å². The molecule has 30 heavy (non-hydrogen) atoms. The van der Waals surface area contributed by atoms with Crippen LogP contribution in [0.15, 0.2) is 28.5 Å². The third-order valence-corrected chi connectivity index (χ3v) is 6.77. The largest absolute Gasteiger partial charge is 0.416 e. The molecule has 0 aliphatic carbocycles. The summed E-state index contributed by atoms with van der Waals surface area (Å²) in [7, 11) is 0. The Morgan fingerprint density at radius 3 is 2.80 bits per heavy atom. The van der Waals surface area contributed by atoms with E-state index < -0.39 is 35.4 Å². The maximum Gasteiger partial charge on any atom is 0.416 e. The van der Waals surface area contributed by atoms with E-state index in [0.29, 0.717) is 10.8 Å². The summed E-state index contributed by atoms with van der Waals surface area (Å²) in [6.07, 6.45) is -4.64. The van der Waals surface area contributed by atoms with Gasteiger partial charge in [0.05, 0.1) is 27.1 Å². The fourth-order valence-corrected chi connectivity index (χ4v) is 4.78. The normalized spacial score (nSPS) is 16.7. The lowest BCUT2D eigenvalue weighted by Gasteiger charge is -2.18. The SMILES string of the molecule is Cc1nc(NC(=O)C2CC(=O)N(c3cccc(C(F)(F)F)c3)C2)sc1SCC(N)=O. The number of nitrogens with zero attached hydrogens (tertiary/aromatic N) is 2. The van der Waals surface area contributed by atoms with Crippen LogP contribution in [0, 0.1) is 12.8 Å². The number of hydrogen-bond donors (Lipinski definition) is 2. The molecule has 160 valence electrons. The molecule has 3 amide bonds. The molecule has 1 unspecified atom stereocenters. The summed E-state index contributed by atoms with van der Waals surface area (Å²) in [6, 6.07) is 4.44. The van der Waals surface area contributed by atoms with E-state index in [0.717, 1.165) is 16.3 Å². The lowest BCUT2D eigenvalue weighted by atomic mass is 10.1.